The average Bonchev–Trinajstić information content (AvgIpc) is 3.07. The van der Waals surface area contributed by atoms with Crippen LogP contribution in [0.25, 0.3) is 0 Å². The Kier molecular flexibility index (Phi) is 5.41. The van der Waals surface area contributed by atoms with Crippen LogP contribution >= 0.6 is 0 Å². The smallest absolute Gasteiger partial charge is 0.263 e. The number of imide groups is 1. The van der Waals surface area contributed by atoms with E-state index in [0.717, 1.165) is 4.90 Å². The van der Waals surface area contributed by atoms with E-state index >= 15 is 0 Å². The summed E-state index contributed by atoms with van der Waals surface area (Å²) in [5.41, 5.74) is 1.59. The van der Waals surface area contributed by atoms with E-state index in [2.05, 4.69) is 0 Å². The van der Waals surface area contributed by atoms with Gasteiger partial charge >= 0.3 is 0 Å². The van der Waals surface area contributed by atoms with Gasteiger partial charge in [0.2, 0.25) is 0 Å². The summed E-state index contributed by atoms with van der Waals surface area (Å²) in [5, 5.41) is 0. The molecule has 3 aromatic carbocycles. The van der Waals surface area contributed by atoms with Crippen molar-refractivity contribution in [2.45, 2.75) is 0 Å². The third-order valence-corrected chi connectivity index (χ3v) is 5.13. The fourth-order valence-electron chi connectivity index (χ4n) is 3.42. The summed E-state index contributed by atoms with van der Waals surface area (Å²) in [6.45, 7) is -0.219. The Labute approximate surface area is 179 Å². The van der Waals surface area contributed by atoms with Gasteiger partial charge in [-0.1, -0.05) is 12.1 Å². The number of anilines is 1. The highest BCUT2D eigenvalue weighted by Crippen LogP contribution is 2.27. The number of amides is 3. The van der Waals surface area contributed by atoms with Crippen LogP contribution in [0.15, 0.2) is 72.8 Å². The topological polar surface area (TPSA) is 76.2 Å². The van der Waals surface area contributed by atoms with Gasteiger partial charge in [0.05, 0.1) is 25.3 Å². The molecule has 0 saturated heterocycles. The number of ether oxygens (including phenoxy) is 2. The molecule has 3 aromatic rings. The minimum atomic E-state index is -0.429. The molecule has 1 aliphatic rings. The molecule has 0 bridgehead atoms. The van der Waals surface area contributed by atoms with E-state index < -0.39 is 11.8 Å². The van der Waals surface area contributed by atoms with Crippen LogP contribution < -0.4 is 14.4 Å². The highest BCUT2D eigenvalue weighted by Gasteiger charge is 2.37. The maximum absolute atomic E-state index is 13.4. The number of methoxy groups -OCH3 is 2. The number of hydrogen-bond donors (Lipinski definition) is 0. The zero-order chi connectivity index (χ0) is 22.0. The number of fused-ring (bicyclic) bond motifs is 1. The van der Waals surface area contributed by atoms with E-state index in [1.54, 1.807) is 87.0 Å². The predicted molar refractivity (Wildman–Crippen MR) is 115 cm³/mol. The molecule has 0 aliphatic carbocycles. The van der Waals surface area contributed by atoms with Crippen molar-refractivity contribution in [2.24, 2.45) is 0 Å². The lowest BCUT2D eigenvalue weighted by molar-refractivity contribution is 0.0650. The van der Waals surface area contributed by atoms with Crippen LogP contribution in [-0.4, -0.2) is 43.5 Å². The molecule has 0 N–H and O–H groups in total. The summed E-state index contributed by atoms with van der Waals surface area (Å²) in [4.78, 5) is 41.5. The molecular formula is C24H20N2O5. The van der Waals surface area contributed by atoms with Crippen molar-refractivity contribution in [2.75, 3.05) is 25.8 Å². The normalized spacial score (nSPS) is 12.5. The van der Waals surface area contributed by atoms with E-state index in [9.17, 15) is 14.4 Å². The lowest BCUT2D eigenvalue weighted by Crippen LogP contribution is -2.44. The lowest BCUT2D eigenvalue weighted by atomic mass is 10.1. The van der Waals surface area contributed by atoms with Gasteiger partial charge in [-0.15, -0.1) is 0 Å². The van der Waals surface area contributed by atoms with Gasteiger partial charge in [0, 0.05) is 11.3 Å². The van der Waals surface area contributed by atoms with Crippen LogP contribution in [0.2, 0.25) is 0 Å². The SMILES string of the molecule is COc1ccc(C(=O)N(CN2C(=O)c3ccccc3C2=O)c2ccc(OC)cc2)cc1. The molecule has 0 spiro atoms. The fraction of sp³-hybridized carbons (Fsp3) is 0.125. The monoisotopic (exact) mass is 416 g/mol. The molecule has 156 valence electrons. The number of carbonyl (C=O) groups is 3. The second-order valence-electron chi connectivity index (χ2n) is 6.89. The summed E-state index contributed by atoms with van der Waals surface area (Å²) < 4.78 is 10.3. The van der Waals surface area contributed by atoms with Gasteiger partial charge in [-0.05, 0) is 60.7 Å². The number of benzene rings is 3. The second-order valence-corrected chi connectivity index (χ2v) is 6.89. The summed E-state index contributed by atoms with van der Waals surface area (Å²) in [5.74, 6) is 0.0295. The number of rotatable bonds is 6. The van der Waals surface area contributed by atoms with Crippen LogP contribution in [0, 0.1) is 0 Å². The molecule has 0 saturated carbocycles. The van der Waals surface area contributed by atoms with Gasteiger partial charge in [0.15, 0.2) is 0 Å². The fourth-order valence-corrected chi connectivity index (χ4v) is 3.42. The van der Waals surface area contributed by atoms with E-state index in [0.29, 0.717) is 33.9 Å². The maximum atomic E-state index is 13.4. The molecule has 0 unspecified atom stereocenters. The Morgan fingerprint density at radius 3 is 1.74 bits per heavy atom. The van der Waals surface area contributed by atoms with E-state index in [1.165, 1.54) is 4.90 Å². The molecular weight excluding hydrogens is 396 g/mol. The van der Waals surface area contributed by atoms with Gasteiger partial charge in [0.1, 0.15) is 18.2 Å². The van der Waals surface area contributed by atoms with Crippen LogP contribution in [0.3, 0.4) is 0 Å². The quantitative estimate of drug-likeness (QED) is 0.574. The highest BCUT2D eigenvalue weighted by atomic mass is 16.5. The first-order chi connectivity index (χ1) is 15.0. The molecule has 31 heavy (non-hydrogen) atoms. The molecule has 1 heterocycles. The van der Waals surface area contributed by atoms with Gasteiger partial charge < -0.3 is 9.47 Å². The summed E-state index contributed by atoms with van der Waals surface area (Å²) in [6, 6.07) is 20.1. The average molecular weight is 416 g/mol. The molecule has 4 rings (SSSR count). The third kappa shape index (κ3) is 3.73. The Morgan fingerprint density at radius 2 is 1.26 bits per heavy atom. The Morgan fingerprint density at radius 1 is 0.774 bits per heavy atom. The number of nitrogens with zero attached hydrogens (tertiary/aromatic N) is 2. The second kappa shape index (κ2) is 8.31. The third-order valence-electron chi connectivity index (χ3n) is 5.13. The van der Waals surface area contributed by atoms with Crippen molar-refractivity contribution in [3.63, 3.8) is 0 Å². The largest absolute Gasteiger partial charge is 0.497 e. The Bertz CT molecular complexity index is 1100. The predicted octanol–water partition coefficient (Wildman–Crippen LogP) is 3.60. The number of carbonyl (C=O) groups excluding carboxylic acids is 3. The standard InChI is InChI=1S/C24H20N2O5/c1-30-18-11-7-16(8-12-18)22(27)25(17-9-13-19(31-2)14-10-17)15-26-23(28)20-5-3-4-6-21(20)24(26)29/h3-14H,15H2,1-2H3. The van der Waals surface area contributed by atoms with Crippen molar-refractivity contribution >= 4 is 23.4 Å². The van der Waals surface area contributed by atoms with Crippen molar-refractivity contribution in [1.29, 1.82) is 0 Å². The molecule has 0 aromatic heterocycles. The van der Waals surface area contributed by atoms with Crippen molar-refractivity contribution < 1.29 is 23.9 Å². The summed E-state index contributed by atoms with van der Waals surface area (Å²) in [6.07, 6.45) is 0. The van der Waals surface area contributed by atoms with Crippen LogP contribution in [0.4, 0.5) is 5.69 Å². The molecule has 7 nitrogen and oxygen atoms in total. The van der Waals surface area contributed by atoms with Crippen LogP contribution in [0.5, 0.6) is 11.5 Å². The minimum absolute atomic E-state index is 0.219. The first-order valence-corrected chi connectivity index (χ1v) is 9.58. The number of hydrogen-bond acceptors (Lipinski definition) is 5. The van der Waals surface area contributed by atoms with Crippen LogP contribution in [-0.2, 0) is 0 Å². The van der Waals surface area contributed by atoms with E-state index in [1.807, 2.05) is 0 Å². The summed E-state index contributed by atoms with van der Waals surface area (Å²) >= 11 is 0. The summed E-state index contributed by atoms with van der Waals surface area (Å²) in [7, 11) is 3.09. The minimum Gasteiger partial charge on any atom is -0.497 e. The van der Waals surface area contributed by atoms with Crippen molar-refractivity contribution in [3.05, 3.63) is 89.5 Å². The Balaban J connectivity index is 1.69. The molecule has 3 amide bonds. The zero-order valence-corrected chi connectivity index (χ0v) is 17.1. The lowest BCUT2D eigenvalue weighted by Gasteiger charge is -2.27. The first-order valence-electron chi connectivity index (χ1n) is 9.58. The van der Waals surface area contributed by atoms with E-state index in [-0.39, 0.29) is 12.6 Å². The van der Waals surface area contributed by atoms with Crippen molar-refractivity contribution in [3.8, 4) is 11.5 Å². The molecule has 0 atom stereocenters. The Hall–Kier alpha value is -4.13. The molecule has 7 heteroatoms. The highest BCUT2D eigenvalue weighted by molar-refractivity contribution is 6.22. The van der Waals surface area contributed by atoms with Gasteiger partial charge in [-0.25, -0.2) is 0 Å². The maximum Gasteiger partial charge on any atom is 0.263 e. The van der Waals surface area contributed by atoms with Gasteiger partial charge in [-0.2, -0.15) is 0 Å². The molecule has 0 fully saturated rings. The van der Waals surface area contributed by atoms with Crippen molar-refractivity contribution in [1.82, 2.24) is 4.90 Å². The molecule has 0 radical (unpaired) electrons. The zero-order valence-electron chi connectivity index (χ0n) is 17.1. The van der Waals surface area contributed by atoms with Gasteiger partial charge in [0.25, 0.3) is 17.7 Å². The first kappa shape index (κ1) is 20.2. The van der Waals surface area contributed by atoms with Gasteiger partial charge in [-0.3, -0.25) is 24.2 Å². The van der Waals surface area contributed by atoms with E-state index in [4.69, 9.17) is 9.47 Å². The van der Waals surface area contributed by atoms with Crippen LogP contribution in [0.1, 0.15) is 31.1 Å². The molecule has 1 aliphatic heterocycles.